The highest BCUT2D eigenvalue weighted by Crippen LogP contribution is 2.28. The summed E-state index contributed by atoms with van der Waals surface area (Å²) < 4.78 is 1.07. The molecule has 0 aliphatic rings. The average molecular weight is 340 g/mol. The number of amides is 1. The number of hydrogen-bond donors (Lipinski definition) is 1. The van der Waals surface area contributed by atoms with E-state index < -0.39 is 0 Å². The van der Waals surface area contributed by atoms with Crippen molar-refractivity contribution >= 4 is 38.4 Å². The molecule has 6 heteroatoms. The molecule has 0 radical (unpaired) electrons. The van der Waals surface area contributed by atoms with Crippen molar-refractivity contribution in [3.8, 4) is 0 Å². The Hall–Kier alpha value is -2.47. The van der Waals surface area contributed by atoms with Crippen molar-refractivity contribution in [2.24, 2.45) is 0 Å². The summed E-state index contributed by atoms with van der Waals surface area (Å²) in [4.78, 5) is 23.4. The van der Waals surface area contributed by atoms with Crippen molar-refractivity contribution in [2.45, 2.75) is 20.8 Å². The standard InChI is InChI=1S/C18H20N4OS/c1-4-22(5-2)15-10-9-13(11-19-15)17(23)21-18-20-16-12(3)7-6-8-14(16)24-18/h6-11H,4-5H2,1-3H3,(H,20,21,23). The summed E-state index contributed by atoms with van der Waals surface area (Å²) in [5, 5.41) is 3.47. The van der Waals surface area contributed by atoms with Crippen LogP contribution in [0, 0.1) is 6.92 Å². The van der Waals surface area contributed by atoms with E-state index in [0.29, 0.717) is 10.7 Å². The van der Waals surface area contributed by atoms with E-state index in [1.807, 2.05) is 31.2 Å². The first-order chi connectivity index (χ1) is 11.6. The smallest absolute Gasteiger partial charge is 0.259 e. The van der Waals surface area contributed by atoms with Crippen LogP contribution in [0.5, 0.6) is 0 Å². The number of fused-ring (bicyclic) bond motifs is 1. The fourth-order valence-electron chi connectivity index (χ4n) is 2.56. The number of para-hydroxylation sites is 1. The highest BCUT2D eigenvalue weighted by Gasteiger charge is 2.12. The maximum absolute atomic E-state index is 12.4. The van der Waals surface area contributed by atoms with E-state index in [-0.39, 0.29) is 5.91 Å². The van der Waals surface area contributed by atoms with E-state index in [0.717, 1.165) is 34.7 Å². The summed E-state index contributed by atoms with van der Waals surface area (Å²) in [5.74, 6) is 0.692. The van der Waals surface area contributed by atoms with Gasteiger partial charge in [0.1, 0.15) is 5.82 Å². The maximum Gasteiger partial charge on any atom is 0.259 e. The fourth-order valence-corrected chi connectivity index (χ4v) is 3.50. The van der Waals surface area contributed by atoms with Crippen molar-refractivity contribution in [1.82, 2.24) is 9.97 Å². The van der Waals surface area contributed by atoms with Gasteiger partial charge in [-0.15, -0.1) is 0 Å². The Morgan fingerprint density at radius 2 is 2.00 bits per heavy atom. The van der Waals surface area contributed by atoms with E-state index in [1.54, 1.807) is 12.3 Å². The van der Waals surface area contributed by atoms with Crippen LogP contribution in [-0.4, -0.2) is 29.0 Å². The number of rotatable bonds is 5. The van der Waals surface area contributed by atoms with Crippen molar-refractivity contribution in [3.63, 3.8) is 0 Å². The van der Waals surface area contributed by atoms with Gasteiger partial charge < -0.3 is 4.90 Å². The van der Waals surface area contributed by atoms with Gasteiger partial charge in [0.05, 0.1) is 15.8 Å². The minimum Gasteiger partial charge on any atom is -0.357 e. The molecule has 0 saturated carbocycles. The zero-order valence-corrected chi connectivity index (χ0v) is 14.9. The van der Waals surface area contributed by atoms with Crippen LogP contribution in [0.2, 0.25) is 0 Å². The monoisotopic (exact) mass is 340 g/mol. The predicted molar refractivity (Wildman–Crippen MR) is 100 cm³/mol. The number of hydrogen-bond acceptors (Lipinski definition) is 5. The van der Waals surface area contributed by atoms with Crippen molar-refractivity contribution < 1.29 is 4.79 Å². The van der Waals surface area contributed by atoms with Gasteiger partial charge in [-0.05, 0) is 44.5 Å². The molecule has 3 rings (SSSR count). The summed E-state index contributed by atoms with van der Waals surface area (Å²) >= 11 is 1.48. The molecule has 2 aromatic heterocycles. The average Bonchev–Trinajstić information content (AvgIpc) is 3.00. The summed E-state index contributed by atoms with van der Waals surface area (Å²) in [6, 6.07) is 9.70. The van der Waals surface area contributed by atoms with Crippen LogP contribution in [0.25, 0.3) is 10.2 Å². The second-order valence-electron chi connectivity index (χ2n) is 5.47. The first kappa shape index (κ1) is 16.4. The normalized spacial score (nSPS) is 10.8. The molecule has 0 spiro atoms. The van der Waals surface area contributed by atoms with Crippen LogP contribution >= 0.6 is 11.3 Å². The number of benzene rings is 1. The number of nitrogens with zero attached hydrogens (tertiary/aromatic N) is 3. The lowest BCUT2D eigenvalue weighted by atomic mass is 10.2. The van der Waals surface area contributed by atoms with Gasteiger partial charge in [-0.3, -0.25) is 10.1 Å². The zero-order valence-electron chi connectivity index (χ0n) is 14.0. The van der Waals surface area contributed by atoms with Gasteiger partial charge in [0.15, 0.2) is 5.13 Å². The van der Waals surface area contributed by atoms with Gasteiger partial charge in [0, 0.05) is 19.3 Å². The number of thiazole rings is 1. The lowest BCUT2D eigenvalue weighted by Crippen LogP contribution is -2.23. The quantitative estimate of drug-likeness (QED) is 0.760. The van der Waals surface area contributed by atoms with Gasteiger partial charge in [0.2, 0.25) is 0 Å². The molecule has 3 aromatic rings. The van der Waals surface area contributed by atoms with E-state index in [4.69, 9.17) is 0 Å². The third-order valence-corrected chi connectivity index (χ3v) is 4.87. The Kier molecular flexibility index (Phi) is 4.76. The molecule has 2 heterocycles. The Morgan fingerprint density at radius 3 is 2.62 bits per heavy atom. The highest BCUT2D eigenvalue weighted by molar-refractivity contribution is 7.22. The lowest BCUT2D eigenvalue weighted by molar-refractivity contribution is 0.102. The van der Waals surface area contributed by atoms with Gasteiger partial charge in [0.25, 0.3) is 5.91 Å². The minimum atomic E-state index is -0.190. The van der Waals surface area contributed by atoms with E-state index >= 15 is 0 Å². The van der Waals surface area contributed by atoms with Gasteiger partial charge in [-0.25, -0.2) is 9.97 Å². The fraction of sp³-hybridized carbons (Fsp3) is 0.278. The first-order valence-corrected chi connectivity index (χ1v) is 8.82. The number of carbonyl (C=O) groups excluding carboxylic acids is 1. The maximum atomic E-state index is 12.4. The van der Waals surface area contributed by atoms with Crippen LogP contribution in [0.15, 0.2) is 36.5 Å². The Bertz CT molecular complexity index is 853. The predicted octanol–water partition coefficient (Wildman–Crippen LogP) is 4.10. The number of nitrogens with one attached hydrogen (secondary N) is 1. The number of pyridine rings is 1. The topological polar surface area (TPSA) is 58.1 Å². The first-order valence-electron chi connectivity index (χ1n) is 8.01. The molecular weight excluding hydrogens is 320 g/mol. The summed E-state index contributed by atoms with van der Waals surface area (Å²) in [6.45, 7) is 7.96. The molecule has 0 aliphatic heterocycles. The molecule has 0 bridgehead atoms. The Labute approximate surface area is 145 Å². The molecule has 0 fully saturated rings. The van der Waals surface area contributed by atoms with Crippen LogP contribution in [0.3, 0.4) is 0 Å². The molecule has 0 atom stereocenters. The zero-order chi connectivity index (χ0) is 17.1. The third-order valence-electron chi connectivity index (χ3n) is 3.94. The summed E-state index contributed by atoms with van der Waals surface area (Å²) in [5.41, 5.74) is 2.57. The van der Waals surface area contributed by atoms with Gasteiger partial charge in [-0.1, -0.05) is 23.5 Å². The van der Waals surface area contributed by atoms with Crippen molar-refractivity contribution in [2.75, 3.05) is 23.3 Å². The van der Waals surface area contributed by atoms with Crippen LogP contribution < -0.4 is 10.2 Å². The van der Waals surface area contributed by atoms with E-state index in [9.17, 15) is 4.79 Å². The number of carbonyl (C=O) groups is 1. The highest BCUT2D eigenvalue weighted by atomic mass is 32.1. The number of aryl methyl sites for hydroxylation is 1. The molecular formula is C18H20N4OS. The SMILES string of the molecule is CCN(CC)c1ccc(C(=O)Nc2nc3c(C)cccc3s2)cn1. The molecule has 1 aromatic carbocycles. The lowest BCUT2D eigenvalue weighted by Gasteiger charge is -2.19. The summed E-state index contributed by atoms with van der Waals surface area (Å²) in [7, 11) is 0. The number of aromatic nitrogens is 2. The van der Waals surface area contributed by atoms with E-state index in [2.05, 4.69) is 34.0 Å². The number of anilines is 2. The second kappa shape index (κ2) is 6.97. The Balaban J connectivity index is 1.77. The molecule has 0 aliphatic carbocycles. The van der Waals surface area contributed by atoms with Crippen molar-refractivity contribution in [3.05, 3.63) is 47.7 Å². The van der Waals surface area contributed by atoms with Crippen LogP contribution in [0.1, 0.15) is 29.8 Å². The van der Waals surface area contributed by atoms with Gasteiger partial charge >= 0.3 is 0 Å². The molecule has 5 nitrogen and oxygen atoms in total. The van der Waals surface area contributed by atoms with E-state index in [1.165, 1.54) is 11.3 Å². The third kappa shape index (κ3) is 3.23. The molecule has 1 N–H and O–H groups in total. The van der Waals surface area contributed by atoms with Crippen LogP contribution in [0.4, 0.5) is 10.9 Å². The van der Waals surface area contributed by atoms with Gasteiger partial charge in [-0.2, -0.15) is 0 Å². The largest absolute Gasteiger partial charge is 0.357 e. The summed E-state index contributed by atoms with van der Waals surface area (Å²) in [6.07, 6.45) is 1.61. The molecule has 1 amide bonds. The molecule has 0 saturated heterocycles. The Morgan fingerprint density at radius 1 is 1.21 bits per heavy atom. The van der Waals surface area contributed by atoms with Crippen molar-refractivity contribution in [1.29, 1.82) is 0 Å². The molecule has 124 valence electrons. The van der Waals surface area contributed by atoms with Crippen LogP contribution in [-0.2, 0) is 0 Å². The molecule has 0 unspecified atom stereocenters. The second-order valence-corrected chi connectivity index (χ2v) is 6.50. The molecule has 24 heavy (non-hydrogen) atoms. The minimum absolute atomic E-state index is 0.190.